The van der Waals surface area contributed by atoms with E-state index in [1.165, 1.54) is 6.20 Å². The van der Waals surface area contributed by atoms with Gasteiger partial charge < -0.3 is 10.5 Å². The lowest BCUT2D eigenvalue weighted by Crippen LogP contribution is -2.09. The zero-order valence-corrected chi connectivity index (χ0v) is 8.89. The Kier molecular flexibility index (Phi) is 3.55. The zero-order valence-electron chi connectivity index (χ0n) is 7.38. The smallest absolute Gasteiger partial charge is 0.358 e. The van der Waals surface area contributed by atoms with Gasteiger partial charge in [-0.25, -0.2) is 9.78 Å². The average molecular weight is 235 g/mol. The minimum Gasteiger partial charge on any atom is -0.461 e. The van der Waals surface area contributed by atoms with Crippen LogP contribution in [-0.2, 0) is 4.74 Å². The molecular weight excluding hydrogens is 227 g/mol. The number of rotatable bonds is 2. The van der Waals surface area contributed by atoms with Crippen molar-refractivity contribution in [3.8, 4) is 0 Å². The lowest BCUT2D eigenvalue weighted by Gasteiger charge is -2.05. The van der Waals surface area contributed by atoms with Crippen LogP contribution in [0.15, 0.2) is 6.20 Å². The Balaban J connectivity index is 3.11. The molecule has 0 atom stereocenters. The lowest BCUT2D eigenvalue weighted by molar-refractivity contribution is 0.0520. The molecule has 0 saturated heterocycles. The Labute approximate surface area is 91.0 Å². The highest BCUT2D eigenvalue weighted by molar-refractivity contribution is 6.40. The number of esters is 1. The third kappa shape index (κ3) is 2.08. The van der Waals surface area contributed by atoms with Crippen molar-refractivity contribution in [2.75, 3.05) is 12.3 Å². The molecule has 1 heterocycles. The Morgan fingerprint density at radius 3 is 2.86 bits per heavy atom. The first kappa shape index (κ1) is 11.1. The Morgan fingerprint density at radius 1 is 1.64 bits per heavy atom. The van der Waals surface area contributed by atoms with Crippen molar-refractivity contribution >= 4 is 34.9 Å². The van der Waals surface area contributed by atoms with Gasteiger partial charge in [0.1, 0.15) is 0 Å². The predicted molar refractivity (Wildman–Crippen MR) is 54.6 cm³/mol. The summed E-state index contributed by atoms with van der Waals surface area (Å²) >= 11 is 11.4. The van der Waals surface area contributed by atoms with Crippen LogP contribution in [0, 0.1) is 0 Å². The third-order valence-electron chi connectivity index (χ3n) is 1.48. The van der Waals surface area contributed by atoms with Gasteiger partial charge in [-0.05, 0) is 6.92 Å². The van der Waals surface area contributed by atoms with Crippen LogP contribution in [0.1, 0.15) is 17.4 Å². The summed E-state index contributed by atoms with van der Waals surface area (Å²) in [6.07, 6.45) is 1.26. The molecule has 0 spiro atoms. The summed E-state index contributed by atoms with van der Waals surface area (Å²) in [4.78, 5) is 15.0. The number of nitrogens with zero attached hydrogens (tertiary/aromatic N) is 1. The number of aromatic nitrogens is 1. The Hall–Kier alpha value is -1.00. The number of hydrogen-bond donors (Lipinski definition) is 1. The summed E-state index contributed by atoms with van der Waals surface area (Å²) in [5.74, 6) is -0.610. The van der Waals surface area contributed by atoms with Gasteiger partial charge in [-0.3, -0.25) is 0 Å². The molecular formula is C8H8Cl2N2O2. The van der Waals surface area contributed by atoms with E-state index < -0.39 is 5.97 Å². The molecule has 14 heavy (non-hydrogen) atoms. The minimum atomic E-state index is -0.610. The fourth-order valence-electron chi connectivity index (χ4n) is 0.822. The van der Waals surface area contributed by atoms with Crippen LogP contribution in [0.5, 0.6) is 0 Å². The van der Waals surface area contributed by atoms with Gasteiger partial charge in [-0.15, -0.1) is 0 Å². The van der Waals surface area contributed by atoms with Crippen LogP contribution < -0.4 is 5.73 Å². The molecule has 0 bridgehead atoms. The topological polar surface area (TPSA) is 65.2 Å². The molecule has 76 valence electrons. The van der Waals surface area contributed by atoms with Crippen LogP contribution in [0.2, 0.25) is 10.0 Å². The van der Waals surface area contributed by atoms with E-state index in [1.807, 2.05) is 0 Å². The van der Waals surface area contributed by atoms with Crippen molar-refractivity contribution in [1.82, 2.24) is 4.98 Å². The number of carbonyl (C=O) groups is 1. The number of anilines is 1. The quantitative estimate of drug-likeness (QED) is 0.797. The van der Waals surface area contributed by atoms with E-state index in [1.54, 1.807) is 6.92 Å². The molecule has 0 radical (unpaired) electrons. The first-order chi connectivity index (χ1) is 6.57. The van der Waals surface area contributed by atoms with E-state index in [0.29, 0.717) is 0 Å². The van der Waals surface area contributed by atoms with Crippen molar-refractivity contribution in [3.63, 3.8) is 0 Å². The average Bonchev–Trinajstić information content (AvgIpc) is 2.15. The van der Waals surface area contributed by atoms with E-state index in [2.05, 4.69) is 4.98 Å². The highest BCUT2D eigenvalue weighted by Crippen LogP contribution is 2.28. The zero-order chi connectivity index (χ0) is 10.7. The van der Waals surface area contributed by atoms with Crippen molar-refractivity contribution < 1.29 is 9.53 Å². The van der Waals surface area contributed by atoms with Crippen LogP contribution in [0.4, 0.5) is 5.69 Å². The van der Waals surface area contributed by atoms with Gasteiger partial charge in [0.15, 0.2) is 5.69 Å². The SMILES string of the molecule is CCOC(=O)c1ncc(Cl)c(N)c1Cl. The number of halogens is 2. The first-order valence-corrected chi connectivity index (χ1v) is 4.60. The van der Waals surface area contributed by atoms with E-state index in [4.69, 9.17) is 33.7 Å². The van der Waals surface area contributed by atoms with E-state index in [0.717, 1.165) is 0 Å². The van der Waals surface area contributed by atoms with Gasteiger partial charge in [0.05, 0.1) is 22.3 Å². The van der Waals surface area contributed by atoms with Crippen molar-refractivity contribution in [3.05, 3.63) is 21.9 Å². The fraction of sp³-hybridized carbons (Fsp3) is 0.250. The van der Waals surface area contributed by atoms with Gasteiger partial charge >= 0.3 is 5.97 Å². The van der Waals surface area contributed by atoms with Gasteiger partial charge in [-0.1, -0.05) is 23.2 Å². The molecule has 6 heteroatoms. The minimum absolute atomic E-state index is 0.0181. The maximum atomic E-state index is 11.3. The van der Waals surface area contributed by atoms with Crippen molar-refractivity contribution in [2.24, 2.45) is 0 Å². The second-order valence-electron chi connectivity index (χ2n) is 2.40. The molecule has 2 N–H and O–H groups in total. The third-order valence-corrected chi connectivity index (χ3v) is 2.16. The first-order valence-electron chi connectivity index (χ1n) is 3.84. The molecule has 1 aromatic rings. The molecule has 0 aromatic carbocycles. The molecule has 0 aliphatic heterocycles. The normalized spacial score (nSPS) is 9.93. The van der Waals surface area contributed by atoms with E-state index in [9.17, 15) is 4.79 Å². The van der Waals surface area contributed by atoms with E-state index in [-0.39, 0.29) is 28.0 Å². The largest absolute Gasteiger partial charge is 0.461 e. The number of carbonyl (C=O) groups excluding carboxylic acids is 1. The standard InChI is InChI=1S/C8H8Cl2N2O2/c1-2-14-8(13)7-5(10)6(11)4(9)3-12-7/h3H,2H2,1H3,(H2,11,12). The molecule has 0 amide bonds. The van der Waals surface area contributed by atoms with E-state index >= 15 is 0 Å². The maximum absolute atomic E-state index is 11.3. The van der Waals surface area contributed by atoms with Gasteiger partial charge in [0, 0.05) is 6.20 Å². The summed E-state index contributed by atoms with van der Waals surface area (Å²) in [6, 6.07) is 0. The van der Waals surface area contributed by atoms with Crippen LogP contribution >= 0.6 is 23.2 Å². The summed E-state index contributed by atoms with van der Waals surface area (Å²) in [5.41, 5.74) is 5.62. The number of nitrogen functional groups attached to an aromatic ring is 1. The lowest BCUT2D eigenvalue weighted by atomic mass is 10.3. The summed E-state index contributed by atoms with van der Waals surface area (Å²) in [5, 5.41) is 0.235. The summed E-state index contributed by atoms with van der Waals surface area (Å²) in [7, 11) is 0. The molecule has 1 aromatic heterocycles. The highest BCUT2D eigenvalue weighted by atomic mass is 35.5. The highest BCUT2D eigenvalue weighted by Gasteiger charge is 2.16. The van der Waals surface area contributed by atoms with Gasteiger partial charge in [0.25, 0.3) is 0 Å². The molecule has 1 rings (SSSR count). The molecule has 0 aliphatic rings. The molecule has 0 fully saturated rings. The van der Waals surface area contributed by atoms with Crippen LogP contribution in [0.3, 0.4) is 0 Å². The Bertz CT molecular complexity index is 369. The number of pyridine rings is 1. The Morgan fingerprint density at radius 2 is 2.29 bits per heavy atom. The summed E-state index contributed by atoms with van der Waals surface area (Å²) < 4.78 is 4.72. The second-order valence-corrected chi connectivity index (χ2v) is 3.19. The molecule has 0 unspecified atom stereocenters. The number of nitrogens with two attached hydrogens (primary N) is 1. The van der Waals surface area contributed by atoms with Crippen molar-refractivity contribution in [1.29, 1.82) is 0 Å². The number of hydrogen-bond acceptors (Lipinski definition) is 4. The number of ether oxygens (including phenoxy) is 1. The van der Waals surface area contributed by atoms with Crippen molar-refractivity contribution in [2.45, 2.75) is 6.92 Å². The van der Waals surface area contributed by atoms with Crippen LogP contribution in [0.25, 0.3) is 0 Å². The van der Waals surface area contributed by atoms with Crippen LogP contribution in [-0.4, -0.2) is 17.6 Å². The second kappa shape index (κ2) is 4.48. The maximum Gasteiger partial charge on any atom is 0.358 e. The molecule has 0 aliphatic carbocycles. The summed E-state index contributed by atoms with van der Waals surface area (Å²) in [6.45, 7) is 1.93. The predicted octanol–water partition coefficient (Wildman–Crippen LogP) is 2.15. The fourth-order valence-corrected chi connectivity index (χ4v) is 1.24. The molecule has 0 saturated carbocycles. The van der Waals surface area contributed by atoms with Gasteiger partial charge in [0.2, 0.25) is 0 Å². The molecule has 4 nitrogen and oxygen atoms in total. The monoisotopic (exact) mass is 234 g/mol. The van der Waals surface area contributed by atoms with Gasteiger partial charge in [-0.2, -0.15) is 0 Å².